The van der Waals surface area contributed by atoms with Gasteiger partial charge in [0, 0.05) is 18.2 Å². The molecule has 0 aliphatic heterocycles. The molecule has 0 N–H and O–H groups in total. The summed E-state index contributed by atoms with van der Waals surface area (Å²) in [6, 6.07) is 2.77. The monoisotopic (exact) mass is 139 g/mol. The molecule has 0 atom stereocenters. The molecule has 0 spiro atoms. The number of carbonyl (C=O) groups is 1. The number of nitroso groups, excluding NO2 is 1. The van der Waals surface area contributed by atoms with E-state index in [1.807, 2.05) is 0 Å². The van der Waals surface area contributed by atoms with E-state index in [-0.39, 0.29) is 17.4 Å². The van der Waals surface area contributed by atoms with Crippen LogP contribution in [-0.2, 0) is 0 Å². The molecule has 0 radical (unpaired) electrons. The molecule has 0 fully saturated rings. The Balaban J connectivity index is 2.98. The number of nitrogens with zero attached hydrogens (tertiary/aromatic N) is 1. The van der Waals surface area contributed by atoms with Crippen molar-refractivity contribution in [3.8, 4) is 0 Å². The normalized spacial score (nSPS) is 9.30. The van der Waals surface area contributed by atoms with Crippen molar-refractivity contribution >= 4 is 11.7 Å². The van der Waals surface area contributed by atoms with Gasteiger partial charge in [0.05, 0.1) is 0 Å². The number of hydrogen-bond donors (Lipinski definition) is 0. The van der Waals surface area contributed by atoms with Gasteiger partial charge in [0.1, 0.15) is 0 Å². The maximum Gasteiger partial charge on any atom is 0.261 e. The summed E-state index contributed by atoms with van der Waals surface area (Å²) in [5.74, 6) is -0.116. The lowest BCUT2D eigenvalue weighted by Gasteiger charge is -1.81. The first kappa shape index (κ1) is 6.67. The fourth-order valence-electron chi connectivity index (χ4n) is 0.566. The van der Waals surface area contributed by atoms with Crippen molar-refractivity contribution in [2.75, 3.05) is 0 Å². The second-order valence-corrected chi connectivity index (χ2v) is 1.79. The summed E-state index contributed by atoms with van der Waals surface area (Å²) < 4.78 is 4.67. The van der Waals surface area contributed by atoms with Gasteiger partial charge in [0.2, 0.25) is 0 Å². The van der Waals surface area contributed by atoms with E-state index in [2.05, 4.69) is 9.59 Å². The largest absolute Gasteiger partial charge is 0.433 e. The number of Topliss-reactive ketones (excluding diaryl/α,β-unsaturated/α-hetero) is 1. The molecule has 1 aromatic heterocycles. The minimum atomic E-state index is -0.213. The Kier molecular flexibility index (Phi) is 1.62. The highest BCUT2D eigenvalue weighted by molar-refractivity contribution is 5.91. The average molecular weight is 139 g/mol. The van der Waals surface area contributed by atoms with Crippen molar-refractivity contribution in [1.29, 1.82) is 0 Å². The molecule has 0 saturated heterocycles. The van der Waals surface area contributed by atoms with Crippen molar-refractivity contribution < 1.29 is 9.21 Å². The van der Waals surface area contributed by atoms with Crippen LogP contribution in [0.2, 0.25) is 0 Å². The molecule has 10 heavy (non-hydrogen) atoms. The highest BCUT2D eigenvalue weighted by atomic mass is 16.4. The van der Waals surface area contributed by atoms with Crippen molar-refractivity contribution in [1.82, 2.24) is 0 Å². The first-order valence-electron chi connectivity index (χ1n) is 2.68. The van der Waals surface area contributed by atoms with E-state index in [0.717, 1.165) is 0 Å². The fraction of sp³-hybridized carbons (Fsp3) is 0.167. The van der Waals surface area contributed by atoms with Crippen LogP contribution in [0.25, 0.3) is 0 Å². The third-order valence-corrected chi connectivity index (χ3v) is 1.03. The predicted octanol–water partition coefficient (Wildman–Crippen LogP) is 1.88. The highest BCUT2D eigenvalue weighted by Crippen LogP contribution is 2.15. The fourth-order valence-corrected chi connectivity index (χ4v) is 0.566. The Hall–Kier alpha value is -1.45. The van der Waals surface area contributed by atoms with Gasteiger partial charge < -0.3 is 4.42 Å². The standard InChI is InChI=1S/C6H5NO3/c1-4(8)5-2-3-6(7-9)10-5/h2-3H,1H3. The second kappa shape index (κ2) is 2.43. The lowest BCUT2D eigenvalue weighted by atomic mass is 10.3. The smallest absolute Gasteiger partial charge is 0.261 e. The van der Waals surface area contributed by atoms with Gasteiger partial charge in [-0.25, -0.2) is 0 Å². The van der Waals surface area contributed by atoms with E-state index in [1.165, 1.54) is 19.1 Å². The van der Waals surface area contributed by atoms with Gasteiger partial charge in [-0.3, -0.25) is 4.79 Å². The van der Waals surface area contributed by atoms with Crippen LogP contribution >= 0.6 is 0 Å². The van der Waals surface area contributed by atoms with E-state index in [9.17, 15) is 9.70 Å². The van der Waals surface area contributed by atoms with Gasteiger partial charge in [-0.15, -0.1) is 4.91 Å². The Labute approximate surface area is 56.8 Å². The van der Waals surface area contributed by atoms with Crippen molar-refractivity contribution in [2.45, 2.75) is 6.92 Å². The quantitative estimate of drug-likeness (QED) is 0.464. The van der Waals surface area contributed by atoms with Crippen LogP contribution in [0.1, 0.15) is 17.5 Å². The Morgan fingerprint density at radius 2 is 2.30 bits per heavy atom. The summed E-state index contributed by atoms with van der Waals surface area (Å²) in [4.78, 5) is 20.3. The molecule has 0 saturated carbocycles. The minimum absolute atomic E-state index is 0.0646. The summed E-state index contributed by atoms with van der Waals surface area (Å²) in [7, 11) is 0. The van der Waals surface area contributed by atoms with Gasteiger partial charge in [0.25, 0.3) is 5.88 Å². The van der Waals surface area contributed by atoms with Crippen LogP contribution in [0.5, 0.6) is 0 Å². The molecule has 0 unspecified atom stereocenters. The zero-order valence-electron chi connectivity index (χ0n) is 5.33. The third-order valence-electron chi connectivity index (χ3n) is 1.03. The van der Waals surface area contributed by atoms with Gasteiger partial charge >= 0.3 is 0 Å². The topological polar surface area (TPSA) is 59.6 Å². The molecule has 4 nitrogen and oxygen atoms in total. The van der Waals surface area contributed by atoms with E-state index in [4.69, 9.17) is 0 Å². The summed E-state index contributed by atoms with van der Waals surface area (Å²) in [6.45, 7) is 1.35. The highest BCUT2D eigenvalue weighted by Gasteiger charge is 2.04. The van der Waals surface area contributed by atoms with E-state index >= 15 is 0 Å². The number of furan rings is 1. The zero-order valence-corrected chi connectivity index (χ0v) is 5.33. The van der Waals surface area contributed by atoms with E-state index < -0.39 is 0 Å². The molecule has 52 valence electrons. The van der Waals surface area contributed by atoms with Gasteiger partial charge in [-0.2, -0.15) is 0 Å². The first-order valence-corrected chi connectivity index (χ1v) is 2.68. The van der Waals surface area contributed by atoms with Crippen molar-refractivity contribution in [3.05, 3.63) is 22.8 Å². The Morgan fingerprint density at radius 3 is 2.60 bits per heavy atom. The summed E-state index contributed by atoms with van der Waals surface area (Å²) >= 11 is 0. The zero-order chi connectivity index (χ0) is 7.56. The van der Waals surface area contributed by atoms with Crippen LogP contribution < -0.4 is 0 Å². The number of carbonyl (C=O) groups excluding carboxylic acids is 1. The van der Waals surface area contributed by atoms with Crippen LogP contribution in [0.15, 0.2) is 21.7 Å². The third kappa shape index (κ3) is 1.10. The Morgan fingerprint density at radius 1 is 1.60 bits per heavy atom. The molecular weight excluding hydrogens is 134 g/mol. The first-order chi connectivity index (χ1) is 4.74. The van der Waals surface area contributed by atoms with Crippen molar-refractivity contribution in [2.24, 2.45) is 5.18 Å². The summed E-state index contributed by atoms with van der Waals surface area (Å²) in [6.07, 6.45) is 0. The molecule has 0 aliphatic rings. The lowest BCUT2D eigenvalue weighted by molar-refractivity contribution is 0.0988. The van der Waals surface area contributed by atoms with Gasteiger partial charge in [-0.05, 0) is 6.07 Å². The minimum Gasteiger partial charge on any atom is -0.433 e. The van der Waals surface area contributed by atoms with Gasteiger partial charge in [-0.1, -0.05) is 0 Å². The average Bonchev–Trinajstić information content (AvgIpc) is 2.34. The van der Waals surface area contributed by atoms with Crippen LogP contribution in [0, 0.1) is 4.91 Å². The number of ketones is 1. The van der Waals surface area contributed by atoms with E-state index in [0.29, 0.717) is 0 Å². The molecule has 0 aliphatic carbocycles. The molecule has 0 amide bonds. The molecule has 1 rings (SSSR count). The van der Waals surface area contributed by atoms with Crippen LogP contribution in [0.4, 0.5) is 5.88 Å². The van der Waals surface area contributed by atoms with Gasteiger partial charge in [0.15, 0.2) is 11.5 Å². The lowest BCUT2D eigenvalue weighted by Crippen LogP contribution is -1.85. The molecule has 0 bridgehead atoms. The molecule has 1 aromatic rings. The summed E-state index contributed by atoms with van der Waals surface area (Å²) in [5.41, 5.74) is 0. The molecule has 4 heteroatoms. The van der Waals surface area contributed by atoms with Crippen LogP contribution in [-0.4, -0.2) is 5.78 Å². The summed E-state index contributed by atoms with van der Waals surface area (Å²) in [5, 5.41) is 2.50. The number of hydrogen-bond acceptors (Lipinski definition) is 4. The maximum atomic E-state index is 10.5. The predicted molar refractivity (Wildman–Crippen MR) is 34.2 cm³/mol. The van der Waals surface area contributed by atoms with E-state index in [1.54, 1.807) is 0 Å². The molecule has 0 aromatic carbocycles. The number of rotatable bonds is 2. The second-order valence-electron chi connectivity index (χ2n) is 1.79. The maximum absolute atomic E-state index is 10.5. The molecule has 1 heterocycles. The Bertz CT molecular complexity index is 264. The van der Waals surface area contributed by atoms with Crippen LogP contribution in [0.3, 0.4) is 0 Å². The molecular formula is C6H5NO3. The SMILES string of the molecule is CC(=O)c1ccc(N=O)o1. The van der Waals surface area contributed by atoms with Crippen molar-refractivity contribution in [3.63, 3.8) is 0 Å².